The van der Waals surface area contributed by atoms with Crippen LogP contribution in [-0.2, 0) is 10.0 Å². The molecule has 0 spiro atoms. The number of sulfonamides is 1. The van der Waals surface area contributed by atoms with Crippen molar-refractivity contribution in [3.05, 3.63) is 35.7 Å². The molecule has 2 aromatic heterocycles. The normalized spacial score (nSPS) is 11.9. The lowest BCUT2D eigenvalue weighted by Gasteiger charge is -2.08. The number of fused-ring (bicyclic) bond motifs is 1. The van der Waals surface area contributed by atoms with Gasteiger partial charge < -0.3 is 4.74 Å². The van der Waals surface area contributed by atoms with Crippen LogP contribution in [0.25, 0.3) is 16.9 Å². The first kappa shape index (κ1) is 16.1. The summed E-state index contributed by atoms with van der Waals surface area (Å²) in [6, 6.07) is 2.48. The fourth-order valence-electron chi connectivity index (χ4n) is 2.01. The quantitative estimate of drug-likeness (QED) is 0.742. The maximum Gasteiger partial charge on any atom is 0.320 e. The Bertz CT molecular complexity index is 1050. The van der Waals surface area contributed by atoms with Gasteiger partial charge in [-0.2, -0.15) is 14.5 Å². The van der Waals surface area contributed by atoms with Gasteiger partial charge in [0.05, 0.1) is 12.7 Å². The van der Waals surface area contributed by atoms with Gasteiger partial charge in [0.1, 0.15) is 17.3 Å². The number of hydrogen-bond donors (Lipinski definition) is 1. The zero-order valence-electron chi connectivity index (χ0n) is 11.9. The lowest BCUT2D eigenvalue weighted by molar-refractivity contribution is 0.364. The molecule has 0 aliphatic heterocycles. The van der Waals surface area contributed by atoms with Gasteiger partial charge in [-0.1, -0.05) is 6.07 Å². The Morgan fingerprint density at radius 1 is 1.17 bits per heavy atom. The Labute approximate surface area is 132 Å². The Morgan fingerprint density at radius 3 is 2.33 bits per heavy atom. The number of nitrogens with zero attached hydrogens (tertiary/aromatic N) is 4. The van der Waals surface area contributed by atoms with Crippen molar-refractivity contribution >= 4 is 15.7 Å². The summed E-state index contributed by atoms with van der Waals surface area (Å²) in [6.07, 6.45) is 0. The minimum absolute atomic E-state index is 0.438. The summed E-state index contributed by atoms with van der Waals surface area (Å²) in [4.78, 5) is 7.09. The van der Waals surface area contributed by atoms with Crippen molar-refractivity contribution in [3.63, 3.8) is 0 Å². The second-order valence-corrected chi connectivity index (χ2v) is 5.99. The Balaban J connectivity index is 2.41. The fraction of sp³-hybridized carbons (Fsp3) is 0.0833. The number of halogens is 3. The van der Waals surface area contributed by atoms with E-state index in [1.807, 2.05) is 0 Å². The highest BCUT2D eigenvalue weighted by Gasteiger charge is 2.26. The Hall–Kier alpha value is -2.73. The predicted octanol–water partition coefficient (Wildman–Crippen LogP) is 0.865. The molecule has 1 aromatic carbocycles. The van der Waals surface area contributed by atoms with Crippen molar-refractivity contribution in [2.75, 3.05) is 7.11 Å². The molecule has 12 heteroatoms. The van der Waals surface area contributed by atoms with Crippen LogP contribution < -0.4 is 9.88 Å². The second-order valence-electron chi connectivity index (χ2n) is 4.53. The second kappa shape index (κ2) is 5.42. The first-order valence-electron chi connectivity index (χ1n) is 6.21. The third kappa shape index (κ3) is 2.45. The van der Waals surface area contributed by atoms with E-state index in [0.717, 1.165) is 25.3 Å². The molecule has 2 N–H and O–H groups in total. The van der Waals surface area contributed by atoms with Crippen LogP contribution in [0.5, 0.6) is 6.01 Å². The van der Waals surface area contributed by atoms with Crippen LogP contribution in [0.3, 0.4) is 0 Å². The zero-order chi connectivity index (χ0) is 17.6. The molecule has 0 saturated heterocycles. The van der Waals surface area contributed by atoms with E-state index in [1.54, 1.807) is 0 Å². The molecular formula is C12H8F3N5O3S. The number of ether oxygens (including phenoxy) is 1. The molecule has 0 fully saturated rings. The number of methoxy groups -OCH3 is 1. The van der Waals surface area contributed by atoms with Gasteiger partial charge in [0.2, 0.25) is 0 Å². The first-order valence-corrected chi connectivity index (χ1v) is 7.76. The van der Waals surface area contributed by atoms with Crippen LogP contribution >= 0.6 is 0 Å². The predicted molar refractivity (Wildman–Crippen MR) is 74.0 cm³/mol. The molecule has 0 radical (unpaired) electrons. The number of primary sulfonamides is 1. The molecule has 3 rings (SSSR count). The van der Waals surface area contributed by atoms with Crippen molar-refractivity contribution in [1.82, 2.24) is 19.6 Å². The van der Waals surface area contributed by atoms with Gasteiger partial charge in [0, 0.05) is 0 Å². The number of benzene rings is 1. The topological polar surface area (TPSA) is 112 Å². The standard InChI is InChI=1S/C12H8F3N5O3S/c1-23-12-17-9(7-5(13)3-2-4-6(7)14)8(15)10-18-11(19-20(10)12)24(16,21)22/h2-4H,1H3,(H2,16,21,22). The van der Waals surface area contributed by atoms with Crippen molar-refractivity contribution in [1.29, 1.82) is 0 Å². The summed E-state index contributed by atoms with van der Waals surface area (Å²) in [7, 11) is -3.22. The third-order valence-electron chi connectivity index (χ3n) is 3.02. The molecule has 126 valence electrons. The van der Waals surface area contributed by atoms with Gasteiger partial charge in [-0.25, -0.2) is 26.7 Å². The van der Waals surface area contributed by atoms with Crippen LogP contribution in [0.2, 0.25) is 0 Å². The highest BCUT2D eigenvalue weighted by atomic mass is 32.2. The summed E-state index contributed by atoms with van der Waals surface area (Å²) in [5, 5.41) is 7.47. The highest BCUT2D eigenvalue weighted by molar-refractivity contribution is 7.89. The van der Waals surface area contributed by atoms with Gasteiger partial charge in [0.25, 0.3) is 15.2 Å². The SMILES string of the molecule is COc1nc(-c2c(F)cccc2F)c(F)c2nc(S(N)(=O)=O)nn12. The summed E-state index contributed by atoms with van der Waals surface area (Å²) in [6.45, 7) is 0. The number of hydrogen-bond acceptors (Lipinski definition) is 6. The van der Waals surface area contributed by atoms with E-state index >= 15 is 0 Å². The van der Waals surface area contributed by atoms with E-state index in [1.165, 1.54) is 0 Å². The van der Waals surface area contributed by atoms with Gasteiger partial charge in [-0.3, -0.25) is 0 Å². The molecule has 0 atom stereocenters. The van der Waals surface area contributed by atoms with Crippen molar-refractivity contribution in [2.24, 2.45) is 5.14 Å². The molecule has 0 aliphatic rings. The number of rotatable bonds is 3. The largest absolute Gasteiger partial charge is 0.467 e. The smallest absolute Gasteiger partial charge is 0.320 e. The van der Waals surface area contributed by atoms with Crippen LogP contribution in [0, 0.1) is 17.5 Å². The minimum Gasteiger partial charge on any atom is -0.467 e. The third-order valence-corrected chi connectivity index (χ3v) is 3.70. The van der Waals surface area contributed by atoms with Gasteiger partial charge in [-0.05, 0) is 12.1 Å². The van der Waals surface area contributed by atoms with E-state index in [9.17, 15) is 21.6 Å². The summed E-state index contributed by atoms with van der Waals surface area (Å²) in [5.41, 5.74) is -2.16. The molecule has 0 amide bonds. The average Bonchev–Trinajstić information content (AvgIpc) is 2.95. The molecule has 3 aromatic rings. The Morgan fingerprint density at radius 2 is 1.79 bits per heavy atom. The Kier molecular flexibility index (Phi) is 3.64. The molecular weight excluding hydrogens is 351 g/mol. The maximum atomic E-state index is 14.6. The zero-order valence-corrected chi connectivity index (χ0v) is 12.7. The molecule has 0 unspecified atom stereocenters. The van der Waals surface area contributed by atoms with Crippen LogP contribution in [0.4, 0.5) is 13.2 Å². The molecule has 8 nitrogen and oxygen atoms in total. The van der Waals surface area contributed by atoms with E-state index in [-0.39, 0.29) is 0 Å². The van der Waals surface area contributed by atoms with Gasteiger partial charge >= 0.3 is 6.01 Å². The minimum atomic E-state index is -4.34. The maximum absolute atomic E-state index is 14.6. The van der Waals surface area contributed by atoms with Crippen LogP contribution in [-0.4, -0.2) is 35.1 Å². The molecule has 0 bridgehead atoms. The lowest BCUT2D eigenvalue weighted by Crippen LogP contribution is -2.14. The molecule has 2 heterocycles. The molecule has 0 aliphatic carbocycles. The summed E-state index contributed by atoms with van der Waals surface area (Å²) < 4.78 is 70.5. The fourth-order valence-corrected chi connectivity index (χ4v) is 2.42. The van der Waals surface area contributed by atoms with Crippen molar-refractivity contribution in [2.45, 2.75) is 5.16 Å². The summed E-state index contributed by atoms with van der Waals surface area (Å²) in [5.74, 6) is -3.43. The first-order chi connectivity index (χ1) is 11.2. The van der Waals surface area contributed by atoms with Gasteiger partial charge in [-0.15, -0.1) is 5.10 Å². The van der Waals surface area contributed by atoms with Crippen molar-refractivity contribution < 1.29 is 26.3 Å². The van der Waals surface area contributed by atoms with Crippen LogP contribution in [0.1, 0.15) is 0 Å². The van der Waals surface area contributed by atoms with Crippen LogP contribution in [0.15, 0.2) is 23.4 Å². The van der Waals surface area contributed by atoms with Gasteiger partial charge in [0.15, 0.2) is 11.5 Å². The van der Waals surface area contributed by atoms with Crippen molar-refractivity contribution in [3.8, 4) is 17.3 Å². The van der Waals surface area contributed by atoms with E-state index in [4.69, 9.17) is 9.88 Å². The highest BCUT2D eigenvalue weighted by Crippen LogP contribution is 2.30. The average molecular weight is 359 g/mol. The van der Waals surface area contributed by atoms with E-state index < -0.39 is 55.5 Å². The molecule has 0 saturated carbocycles. The van der Waals surface area contributed by atoms with E-state index in [2.05, 4.69) is 15.1 Å². The number of aromatic nitrogens is 4. The molecule has 24 heavy (non-hydrogen) atoms. The summed E-state index contributed by atoms with van der Waals surface area (Å²) >= 11 is 0. The lowest BCUT2D eigenvalue weighted by atomic mass is 10.1. The number of nitrogens with two attached hydrogens (primary N) is 1. The van der Waals surface area contributed by atoms with E-state index in [0.29, 0.717) is 4.52 Å². The monoisotopic (exact) mass is 359 g/mol.